The van der Waals surface area contributed by atoms with E-state index in [1.165, 1.54) is 5.70 Å². The van der Waals surface area contributed by atoms with Crippen LogP contribution in [0.15, 0.2) is 47.2 Å². The van der Waals surface area contributed by atoms with E-state index in [1.54, 1.807) is 6.07 Å². The second-order valence-corrected chi connectivity index (χ2v) is 7.29. The minimum atomic E-state index is -0.273. The first kappa shape index (κ1) is 17.1. The van der Waals surface area contributed by atoms with Gasteiger partial charge in [-0.2, -0.15) is 0 Å². The number of H-pyrrole nitrogens is 1. The standard InChI is InChI=1S/C19H22ClN5O/c1-23-4-2-3-15(13-23)25-7-5-24(6-8-25)12-14-9-18-17(21-11-14)10-16(20)19(26)22-18/h2-3,9-11,13H,4-8,12H2,1H3,(H,22,26). The summed E-state index contributed by atoms with van der Waals surface area (Å²) < 4.78 is 0. The fraction of sp³-hybridized carbons (Fsp3) is 0.368. The highest BCUT2D eigenvalue weighted by Gasteiger charge is 2.19. The molecule has 2 aromatic rings. The Morgan fingerprint density at radius 2 is 2.04 bits per heavy atom. The first-order chi connectivity index (χ1) is 12.6. The average molecular weight is 372 g/mol. The smallest absolute Gasteiger partial charge is 0.267 e. The molecule has 4 rings (SSSR count). The third-order valence-corrected chi connectivity index (χ3v) is 5.16. The molecule has 0 bridgehead atoms. The number of nitrogens with zero attached hydrogens (tertiary/aromatic N) is 4. The van der Waals surface area contributed by atoms with E-state index in [-0.39, 0.29) is 10.6 Å². The fourth-order valence-electron chi connectivity index (χ4n) is 3.46. The predicted molar refractivity (Wildman–Crippen MR) is 104 cm³/mol. The average Bonchev–Trinajstić information content (AvgIpc) is 2.64. The fourth-order valence-corrected chi connectivity index (χ4v) is 3.61. The zero-order valence-corrected chi connectivity index (χ0v) is 15.5. The highest BCUT2D eigenvalue weighted by atomic mass is 35.5. The number of fused-ring (bicyclic) bond motifs is 1. The summed E-state index contributed by atoms with van der Waals surface area (Å²) in [4.78, 5) is 26.0. The largest absolute Gasteiger partial charge is 0.375 e. The lowest BCUT2D eigenvalue weighted by Crippen LogP contribution is -2.45. The number of halogens is 1. The molecule has 0 radical (unpaired) electrons. The Morgan fingerprint density at radius 3 is 2.81 bits per heavy atom. The number of nitrogens with one attached hydrogen (secondary N) is 1. The maximum Gasteiger partial charge on any atom is 0.267 e. The zero-order valence-electron chi connectivity index (χ0n) is 14.8. The lowest BCUT2D eigenvalue weighted by molar-refractivity contribution is 0.153. The predicted octanol–water partition coefficient (Wildman–Crippen LogP) is 2.04. The Morgan fingerprint density at radius 1 is 1.23 bits per heavy atom. The molecule has 136 valence electrons. The molecular weight excluding hydrogens is 350 g/mol. The summed E-state index contributed by atoms with van der Waals surface area (Å²) in [6.45, 7) is 5.84. The molecule has 2 aromatic heterocycles. The van der Waals surface area contributed by atoms with Gasteiger partial charge in [-0.05, 0) is 23.8 Å². The van der Waals surface area contributed by atoms with E-state index in [9.17, 15) is 4.79 Å². The van der Waals surface area contributed by atoms with Gasteiger partial charge in [0.05, 0.1) is 16.7 Å². The molecule has 0 aliphatic carbocycles. The van der Waals surface area contributed by atoms with E-state index in [1.807, 2.05) is 12.3 Å². The molecule has 1 N–H and O–H groups in total. The van der Waals surface area contributed by atoms with Crippen molar-refractivity contribution in [2.24, 2.45) is 0 Å². The number of pyridine rings is 2. The summed E-state index contributed by atoms with van der Waals surface area (Å²) in [7, 11) is 2.10. The maximum atomic E-state index is 11.7. The van der Waals surface area contributed by atoms with Crippen molar-refractivity contribution in [1.82, 2.24) is 24.7 Å². The molecule has 0 amide bonds. The second-order valence-electron chi connectivity index (χ2n) is 6.88. The normalized spacial score (nSPS) is 18.5. The Labute approximate surface area is 157 Å². The van der Waals surface area contributed by atoms with E-state index in [2.05, 4.69) is 50.1 Å². The summed E-state index contributed by atoms with van der Waals surface area (Å²) in [5, 5.41) is 0.172. The van der Waals surface area contributed by atoms with Crippen molar-refractivity contribution in [3.63, 3.8) is 0 Å². The topological polar surface area (TPSA) is 55.5 Å². The molecule has 2 aliphatic rings. The zero-order chi connectivity index (χ0) is 18.1. The third-order valence-electron chi connectivity index (χ3n) is 4.88. The van der Waals surface area contributed by atoms with Gasteiger partial charge in [0.1, 0.15) is 5.02 Å². The number of likely N-dealkylation sites (N-methyl/N-ethyl adjacent to an activating group) is 1. The van der Waals surface area contributed by atoms with Gasteiger partial charge < -0.3 is 14.8 Å². The summed E-state index contributed by atoms with van der Waals surface area (Å²) in [5.41, 5.74) is 3.56. The highest BCUT2D eigenvalue weighted by molar-refractivity contribution is 6.30. The molecule has 0 unspecified atom stereocenters. The summed E-state index contributed by atoms with van der Waals surface area (Å²) in [6, 6.07) is 3.61. The van der Waals surface area contributed by atoms with Gasteiger partial charge in [-0.3, -0.25) is 14.7 Å². The van der Waals surface area contributed by atoms with Gasteiger partial charge in [-0.25, -0.2) is 0 Å². The van der Waals surface area contributed by atoms with Crippen molar-refractivity contribution < 1.29 is 0 Å². The number of hydrogen-bond donors (Lipinski definition) is 1. The molecule has 0 saturated carbocycles. The van der Waals surface area contributed by atoms with Gasteiger partial charge in [0.2, 0.25) is 0 Å². The van der Waals surface area contributed by atoms with Crippen molar-refractivity contribution in [2.75, 3.05) is 39.8 Å². The Bertz CT molecular complexity index is 927. The lowest BCUT2D eigenvalue weighted by Gasteiger charge is -2.37. The van der Waals surface area contributed by atoms with Gasteiger partial charge in [-0.1, -0.05) is 17.7 Å². The van der Waals surface area contributed by atoms with Gasteiger partial charge in [0, 0.05) is 58.7 Å². The van der Waals surface area contributed by atoms with Crippen molar-refractivity contribution in [3.05, 3.63) is 63.3 Å². The molecular formula is C19H22ClN5O. The molecule has 0 spiro atoms. The first-order valence-corrected chi connectivity index (χ1v) is 9.20. The van der Waals surface area contributed by atoms with Crippen molar-refractivity contribution in [1.29, 1.82) is 0 Å². The van der Waals surface area contributed by atoms with Crippen molar-refractivity contribution in [2.45, 2.75) is 6.54 Å². The van der Waals surface area contributed by atoms with Gasteiger partial charge in [0.25, 0.3) is 5.56 Å². The van der Waals surface area contributed by atoms with E-state index >= 15 is 0 Å². The molecule has 0 aromatic carbocycles. The third kappa shape index (κ3) is 3.61. The number of rotatable bonds is 3. The van der Waals surface area contributed by atoms with Gasteiger partial charge in [0.15, 0.2) is 0 Å². The summed E-state index contributed by atoms with van der Waals surface area (Å²) in [6.07, 6.45) is 8.50. The monoisotopic (exact) mass is 371 g/mol. The molecule has 7 heteroatoms. The molecule has 26 heavy (non-hydrogen) atoms. The molecule has 1 fully saturated rings. The minimum absolute atomic E-state index is 0.172. The van der Waals surface area contributed by atoms with Crippen LogP contribution in [0.1, 0.15) is 5.56 Å². The highest BCUT2D eigenvalue weighted by Crippen LogP contribution is 2.17. The van der Waals surface area contributed by atoms with Crippen LogP contribution in [0.25, 0.3) is 11.0 Å². The molecule has 1 saturated heterocycles. The lowest BCUT2D eigenvalue weighted by atomic mass is 10.2. The Balaban J connectivity index is 1.41. The maximum absolute atomic E-state index is 11.7. The number of piperazine rings is 1. The Hall–Kier alpha value is -2.31. The Kier molecular flexibility index (Phi) is 4.70. The van der Waals surface area contributed by atoms with Gasteiger partial charge >= 0.3 is 0 Å². The summed E-state index contributed by atoms with van der Waals surface area (Å²) >= 11 is 5.86. The number of hydrogen-bond acceptors (Lipinski definition) is 5. The minimum Gasteiger partial charge on any atom is -0.375 e. The summed E-state index contributed by atoms with van der Waals surface area (Å²) in [5.74, 6) is 0. The SMILES string of the molecule is CN1C=C(N2CCN(Cc3cnc4cc(Cl)c(=O)[nH]c4c3)CC2)C=CC1. The molecule has 6 nitrogen and oxygen atoms in total. The van der Waals surface area contributed by atoms with Crippen LogP contribution in [0.4, 0.5) is 0 Å². The number of aromatic amines is 1. The van der Waals surface area contributed by atoms with Crippen LogP contribution in [0.2, 0.25) is 5.02 Å². The molecule has 4 heterocycles. The quantitative estimate of drug-likeness (QED) is 0.894. The van der Waals surface area contributed by atoms with Crippen molar-refractivity contribution >= 4 is 22.6 Å². The molecule has 2 aliphatic heterocycles. The van der Waals surface area contributed by atoms with E-state index in [0.29, 0.717) is 5.52 Å². The van der Waals surface area contributed by atoms with E-state index < -0.39 is 0 Å². The van der Waals surface area contributed by atoms with Crippen LogP contribution >= 0.6 is 11.6 Å². The van der Waals surface area contributed by atoms with Crippen LogP contribution in [0.5, 0.6) is 0 Å². The van der Waals surface area contributed by atoms with Crippen LogP contribution < -0.4 is 5.56 Å². The number of aromatic nitrogens is 2. The molecule has 0 atom stereocenters. The number of allylic oxidation sites excluding steroid dienone is 1. The van der Waals surface area contributed by atoms with Gasteiger partial charge in [-0.15, -0.1) is 0 Å². The first-order valence-electron chi connectivity index (χ1n) is 8.82. The van der Waals surface area contributed by atoms with Crippen LogP contribution in [0.3, 0.4) is 0 Å². The van der Waals surface area contributed by atoms with Crippen molar-refractivity contribution in [3.8, 4) is 0 Å². The van der Waals surface area contributed by atoms with Crippen LogP contribution in [-0.4, -0.2) is 64.4 Å². The van der Waals surface area contributed by atoms with Crippen LogP contribution in [-0.2, 0) is 6.54 Å². The second kappa shape index (κ2) is 7.13. The van der Waals surface area contributed by atoms with E-state index in [4.69, 9.17) is 11.6 Å². The van der Waals surface area contributed by atoms with E-state index in [0.717, 1.165) is 50.3 Å². The van der Waals surface area contributed by atoms with Crippen LogP contribution in [0, 0.1) is 0 Å².